The molecule has 18 heavy (non-hydrogen) atoms. The van der Waals surface area contributed by atoms with Gasteiger partial charge >= 0.3 is 0 Å². The topological polar surface area (TPSA) is 22.2 Å². The van der Waals surface area contributed by atoms with Crippen LogP contribution in [0.4, 0.5) is 5.69 Å². The number of benzene rings is 1. The zero-order valence-electron chi connectivity index (χ0n) is 10.0. The first-order chi connectivity index (χ1) is 8.58. The first kappa shape index (κ1) is 13.1. The molecule has 0 N–H and O–H groups in total. The summed E-state index contributed by atoms with van der Waals surface area (Å²) in [7, 11) is 1.85. The lowest BCUT2D eigenvalue weighted by Crippen LogP contribution is -1.95. The van der Waals surface area contributed by atoms with E-state index in [-0.39, 0.29) is 0 Å². The van der Waals surface area contributed by atoms with Gasteiger partial charge in [-0.25, -0.2) is 4.85 Å². The summed E-state index contributed by atoms with van der Waals surface area (Å²) in [5.74, 6) is 0. The maximum absolute atomic E-state index is 7.38. The largest absolute Gasteiger partial charge is 0.268 e. The van der Waals surface area contributed by atoms with Crippen LogP contribution in [0.15, 0.2) is 22.8 Å². The van der Waals surface area contributed by atoms with Gasteiger partial charge in [-0.1, -0.05) is 24.6 Å². The van der Waals surface area contributed by atoms with Crippen molar-refractivity contribution in [3.05, 3.63) is 44.8 Å². The second kappa shape index (κ2) is 5.13. The van der Waals surface area contributed by atoms with Crippen molar-refractivity contribution in [2.24, 2.45) is 7.05 Å². The Morgan fingerprint density at radius 2 is 2.22 bits per heavy atom. The Bertz CT molecular complexity index is 621. The van der Waals surface area contributed by atoms with Crippen LogP contribution in [0.5, 0.6) is 0 Å². The van der Waals surface area contributed by atoms with E-state index in [1.54, 1.807) is 10.9 Å². The summed E-state index contributed by atoms with van der Waals surface area (Å²) in [6.07, 6.45) is 2.50. The summed E-state index contributed by atoms with van der Waals surface area (Å²) < 4.78 is 2.60. The molecule has 3 nitrogen and oxygen atoms in total. The summed E-state index contributed by atoms with van der Waals surface area (Å²) in [6, 6.07) is 3.67. The van der Waals surface area contributed by atoms with E-state index in [1.165, 1.54) is 0 Å². The first-order valence-electron chi connectivity index (χ1n) is 5.46. The van der Waals surface area contributed by atoms with Crippen molar-refractivity contribution in [3.63, 3.8) is 0 Å². The van der Waals surface area contributed by atoms with E-state index in [1.807, 2.05) is 26.1 Å². The molecule has 0 aliphatic carbocycles. The van der Waals surface area contributed by atoms with E-state index < -0.39 is 0 Å². The molecule has 0 saturated heterocycles. The molecule has 2 rings (SSSR count). The van der Waals surface area contributed by atoms with Crippen LogP contribution in [0.25, 0.3) is 16.1 Å². The molecule has 1 heterocycles. The third kappa shape index (κ3) is 2.16. The monoisotopic (exact) mass is 323 g/mol. The first-order valence-corrected chi connectivity index (χ1v) is 6.63. The average molecular weight is 325 g/mol. The van der Waals surface area contributed by atoms with Gasteiger partial charge < -0.3 is 0 Å². The average Bonchev–Trinajstić information content (AvgIpc) is 2.67. The van der Waals surface area contributed by atoms with Crippen molar-refractivity contribution in [1.29, 1.82) is 0 Å². The molecule has 2 aromatic rings. The third-order valence-corrected chi connectivity index (χ3v) is 3.59. The maximum atomic E-state index is 7.38. The Labute approximate surface area is 119 Å². The Balaban J connectivity index is 2.79. The fourth-order valence-corrected chi connectivity index (χ4v) is 2.75. The molecule has 0 spiro atoms. The SMILES string of the molecule is [C-]#[N+]c1c(CC)cc(Cl)cc1-c1c(Br)cnn1C. The van der Waals surface area contributed by atoms with E-state index >= 15 is 0 Å². The highest BCUT2D eigenvalue weighted by Crippen LogP contribution is 2.39. The van der Waals surface area contributed by atoms with Crippen LogP contribution in [-0.2, 0) is 13.5 Å². The van der Waals surface area contributed by atoms with Gasteiger partial charge in [0.15, 0.2) is 5.69 Å². The lowest BCUT2D eigenvalue weighted by Gasteiger charge is -2.10. The number of halogens is 2. The van der Waals surface area contributed by atoms with E-state index in [0.717, 1.165) is 27.7 Å². The Hall–Kier alpha value is -1.31. The van der Waals surface area contributed by atoms with Gasteiger partial charge in [0.2, 0.25) is 0 Å². The number of nitrogens with zero attached hydrogens (tertiary/aromatic N) is 3. The quantitative estimate of drug-likeness (QED) is 0.739. The van der Waals surface area contributed by atoms with Crippen LogP contribution < -0.4 is 0 Å². The fraction of sp³-hybridized carbons (Fsp3) is 0.231. The predicted octanol–water partition coefficient (Wildman–Crippen LogP) is 4.62. The van der Waals surface area contributed by atoms with Gasteiger partial charge in [0.25, 0.3) is 0 Å². The predicted molar refractivity (Wildman–Crippen MR) is 77.0 cm³/mol. The van der Waals surface area contributed by atoms with E-state index in [2.05, 4.69) is 25.9 Å². The molecular formula is C13H11BrClN3. The molecule has 0 aliphatic rings. The van der Waals surface area contributed by atoms with E-state index in [4.69, 9.17) is 18.2 Å². The van der Waals surface area contributed by atoms with Gasteiger partial charge in [-0.3, -0.25) is 4.68 Å². The minimum atomic E-state index is 0.641. The van der Waals surface area contributed by atoms with Gasteiger partial charge in [-0.15, -0.1) is 0 Å². The molecule has 1 aromatic heterocycles. The van der Waals surface area contributed by atoms with Gasteiger partial charge in [-0.05, 0) is 34.0 Å². The fourth-order valence-electron chi connectivity index (χ4n) is 1.95. The molecule has 0 radical (unpaired) electrons. The summed E-state index contributed by atoms with van der Waals surface area (Å²) in [6.45, 7) is 9.40. The smallest absolute Gasteiger partial charge is 0.199 e. The highest BCUT2D eigenvalue weighted by Gasteiger charge is 2.16. The molecule has 0 atom stereocenters. The molecular weight excluding hydrogens is 314 g/mol. The minimum absolute atomic E-state index is 0.641. The maximum Gasteiger partial charge on any atom is 0.199 e. The second-order valence-electron chi connectivity index (χ2n) is 3.89. The molecule has 0 amide bonds. The van der Waals surface area contributed by atoms with Crippen molar-refractivity contribution < 1.29 is 0 Å². The molecule has 5 heteroatoms. The lowest BCUT2D eigenvalue weighted by atomic mass is 10.0. The minimum Gasteiger partial charge on any atom is -0.268 e. The van der Waals surface area contributed by atoms with Gasteiger partial charge in [0.05, 0.1) is 22.9 Å². The Morgan fingerprint density at radius 1 is 1.50 bits per heavy atom. The highest BCUT2D eigenvalue weighted by molar-refractivity contribution is 9.10. The molecule has 0 unspecified atom stereocenters. The van der Waals surface area contributed by atoms with E-state index in [0.29, 0.717) is 10.7 Å². The third-order valence-electron chi connectivity index (χ3n) is 2.80. The van der Waals surface area contributed by atoms with Crippen LogP contribution in [0.1, 0.15) is 12.5 Å². The summed E-state index contributed by atoms with van der Waals surface area (Å²) in [5.41, 5.74) is 3.30. The van der Waals surface area contributed by atoms with Gasteiger partial charge in [-0.2, -0.15) is 5.10 Å². The van der Waals surface area contributed by atoms with Crippen LogP contribution in [-0.4, -0.2) is 9.78 Å². The summed E-state index contributed by atoms with van der Waals surface area (Å²) in [5, 5.41) is 4.82. The molecule has 1 aromatic carbocycles. The number of hydrogen-bond donors (Lipinski definition) is 0. The lowest BCUT2D eigenvalue weighted by molar-refractivity contribution is 0.776. The molecule has 0 aliphatic heterocycles. The van der Waals surface area contributed by atoms with Gasteiger partial charge in [0, 0.05) is 17.6 Å². The van der Waals surface area contributed by atoms with Crippen molar-refractivity contribution in [1.82, 2.24) is 9.78 Å². The van der Waals surface area contributed by atoms with Gasteiger partial charge in [0.1, 0.15) is 0 Å². The zero-order chi connectivity index (χ0) is 13.3. The van der Waals surface area contributed by atoms with Crippen molar-refractivity contribution in [2.75, 3.05) is 0 Å². The Kier molecular flexibility index (Phi) is 3.74. The van der Waals surface area contributed by atoms with Crippen LogP contribution >= 0.6 is 27.5 Å². The van der Waals surface area contributed by atoms with Crippen molar-refractivity contribution in [3.8, 4) is 11.3 Å². The molecule has 0 fully saturated rings. The number of rotatable bonds is 2. The van der Waals surface area contributed by atoms with E-state index in [9.17, 15) is 0 Å². The number of hydrogen-bond acceptors (Lipinski definition) is 1. The number of aromatic nitrogens is 2. The normalized spacial score (nSPS) is 10.4. The van der Waals surface area contributed by atoms with Crippen LogP contribution in [0.3, 0.4) is 0 Å². The standard InChI is InChI=1S/C13H11BrClN3/c1-4-8-5-9(15)6-10(12(8)16-2)13-11(14)7-17-18(13)3/h5-7H,4H2,1,3H3. The highest BCUT2D eigenvalue weighted by atomic mass is 79.9. The second-order valence-corrected chi connectivity index (χ2v) is 5.18. The molecule has 0 bridgehead atoms. The molecule has 0 saturated carbocycles. The molecule has 92 valence electrons. The summed E-state index contributed by atoms with van der Waals surface area (Å²) in [4.78, 5) is 3.65. The Morgan fingerprint density at radius 3 is 2.72 bits per heavy atom. The van der Waals surface area contributed by atoms with Crippen LogP contribution in [0, 0.1) is 6.57 Å². The number of aryl methyl sites for hydroxylation is 2. The summed E-state index contributed by atoms with van der Waals surface area (Å²) >= 11 is 9.59. The zero-order valence-corrected chi connectivity index (χ0v) is 12.4. The van der Waals surface area contributed by atoms with Crippen molar-refractivity contribution in [2.45, 2.75) is 13.3 Å². The van der Waals surface area contributed by atoms with Crippen molar-refractivity contribution >= 4 is 33.2 Å². The van der Waals surface area contributed by atoms with Crippen LogP contribution in [0.2, 0.25) is 5.02 Å².